The van der Waals surface area contributed by atoms with Crippen molar-refractivity contribution in [3.8, 4) is 0 Å². The van der Waals surface area contributed by atoms with Gasteiger partial charge >= 0.3 is 0 Å². The summed E-state index contributed by atoms with van der Waals surface area (Å²) in [7, 11) is 4.11. The Labute approximate surface area is 85.2 Å². The molecule has 2 rings (SSSR count). The average Bonchev–Trinajstić information content (AvgIpc) is 2.69. The molecule has 0 fully saturated rings. The van der Waals surface area contributed by atoms with Crippen molar-refractivity contribution in [3.63, 3.8) is 0 Å². The van der Waals surface area contributed by atoms with Crippen LogP contribution < -0.4 is 0 Å². The van der Waals surface area contributed by atoms with Crippen molar-refractivity contribution >= 4 is 5.57 Å². The maximum atomic E-state index is 5.77. The molecule has 2 heteroatoms. The third kappa shape index (κ3) is 2.07. The van der Waals surface area contributed by atoms with E-state index in [1.54, 1.807) is 0 Å². The molecule has 0 saturated carbocycles. The fourth-order valence-electron chi connectivity index (χ4n) is 1.84. The van der Waals surface area contributed by atoms with Gasteiger partial charge in [-0.3, -0.25) is 0 Å². The minimum atomic E-state index is 0.882. The summed E-state index contributed by atoms with van der Waals surface area (Å²) in [4.78, 5) is 2.12. The fourth-order valence-corrected chi connectivity index (χ4v) is 1.84. The maximum Gasteiger partial charge on any atom is 0.129 e. The quantitative estimate of drug-likeness (QED) is 0.730. The van der Waals surface area contributed by atoms with E-state index in [-0.39, 0.29) is 0 Å². The van der Waals surface area contributed by atoms with Gasteiger partial charge in [-0.05, 0) is 51.1 Å². The van der Waals surface area contributed by atoms with Gasteiger partial charge in [0.25, 0.3) is 0 Å². The Bertz CT molecular complexity index is 336. The van der Waals surface area contributed by atoms with Crippen molar-refractivity contribution in [2.45, 2.75) is 25.8 Å². The van der Waals surface area contributed by atoms with Crippen LogP contribution in [0.4, 0.5) is 0 Å². The van der Waals surface area contributed by atoms with Crippen molar-refractivity contribution in [1.82, 2.24) is 4.90 Å². The zero-order chi connectivity index (χ0) is 9.97. The lowest BCUT2D eigenvalue weighted by Gasteiger charge is -2.05. The zero-order valence-corrected chi connectivity index (χ0v) is 8.92. The Kier molecular flexibility index (Phi) is 2.73. The second-order valence-corrected chi connectivity index (χ2v) is 4.13. The normalized spacial score (nSPS) is 16.4. The van der Waals surface area contributed by atoms with Crippen molar-refractivity contribution < 1.29 is 4.42 Å². The van der Waals surface area contributed by atoms with Crippen molar-refractivity contribution in [2.24, 2.45) is 0 Å². The molecule has 14 heavy (non-hydrogen) atoms. The third-order valence-corrected chi connectivity index (χ3v) is 2.49. The predicted octanol–water partition coefficient (Wildman–Crippen LogP) is 2.91. The molecule has 0 atom stereocenters. The molecule has 76 valence electrons. The lowest BCUT2D eigenvalue weighted by Crippen LogP contribution is -2.09. The highest BCUT2D eigenvalue weighted by Gasteiger charge is 2.11. The van der Waals surface area contributed by atoms with Crippen LogP contribution in [0.5, 0.6) is 0 Å². The standard InChI is InChI=1S/C12H17NO/c1-13(2)9-11-7-8-12(14-11)10-5-3-4-6-10/h5,7-8H,3-4,6,9H2,1-2H3. The Balaban J connectivity index is 2.09. The minimum absolute atomic E-state index is 0.882. The second kappa shape index (κ2) is 4.01. The summed E-state index contributed by atoms with van der Waals surface area (Å²) in [6.07, 6.45) is 5.95. The Morgan fingerprint density at radius 2 is 2.21 bits per heavy atom. The van der Waals surface area contributed by atoms with Crippen LogP contribution in [0.15, 0.2) is 22.6 Å². The summed E-state index contributed by atoms with van der Waals surface area (Å²) in [5, 5.41) is 0. The largest absolute Gasteiger partial charge is 0.460 e. The van der Waals surface area contributed by atoms with Crippen molar-refractivity contribution in [3.05, 3.63) is 29.7 Å². The first kappa shape index (κ1) is 9.53. The molecule has 0 spiro atoms. The number of hydrogen-bond acceptors (Lipinski definition) is 2. The van der Waals surface area contributed by atoms with Crippen LogP contribution in [-0.4, -0.2) is 19.0 Å². The molecule has 0 radical (unpaired) electrons. The van der Waals surface area contributed by atoms with E-state index in [9.17, 15) is 0 Å². The predicted molar refractivity (Wildman–Crippen MR) is 57.9 cm³/mol. The highest BCUT2D eigenvalue weighted by Crippen LogP contribution is 2.28. The molecule has 1 aliphatic carbocycles. The Morgan fingerprint density at radius 3 is 2.86 bits per heavy atom. The number of hydrogen-bond donors (Lipinski definition) is 0. The third-order valence-electron chi connectivity index (χ3n) is 2.49. The van der Waals surface area contributed by atoms with Crippen LogP contribution in [0.25, 0.3) is 5.57 Å². The Hall–Kier alpha value is -1.02. The van der Waals surface area contributed by atoms with Crippen LogP contribution in [0.2, 0.25) is 0 Å². The first-order valence-electron chi connectivity index (χ1n) is 5.18. The summed E-state index contributed by atoms with van der Waals surface area (Å²) in [5.74, 6) is 2.12. The lowest BCUT2D eigenvalue weighted by atomic mass is 10.2. The molecular formula is C12H17NO. The summed E-state index contributed by atoms with van der Waals surface area (Å²) < 4.78 is 5.77. The van der Waals surface area contributed by atoms with Gasteiger partial charge in [-0.15, -0.1) is 0 Å². The number of allylic oxidation sites excluding steroid dienone is 2. The van der Waals surface area contributed by atoms with E-state index < -0.39 is 0 Å². The summed E-state index contributed by atoms with van der Waals surface area (Å²) in [6.45, 7) is 0.882. The summed E-state index contributed by atoms with van der Waals surface area (Å²) in [6, 6.07) is 4.17. The molecule has 1 aromatic rings. The first-order valence-corrected chi connectivity index (χ1v) is 5.18. The van der Waals surface area contributed by atoms with Gasteiger partial charge in [0, 0.05) is 0 Å². The number of nitrogens with zero attached hydrogens (tertiary/aromatic N) is 1. The van der Waals surface area contributed by atoms with Crippen LogP contribution in [-0.2, 0) is 6.54 Å². The topological polar surface area (TPSA) is 16.4 Å². The molecule has 0 bridgehead atoms. The SMILES string of the molecule is CN(C)Cc1ccc(C2=CCCC2)o1. The fraction of sp³-hybridized carbons (Fsp3) is 0.500. The molecule has 0 amide bonds. The van der Waals surface area contributed by atoms with Gasteiger partial charge in [-0.25, -0.2) is 0 Å². The molecule has 0 aromatic carbocycles. The van der Waals surface area contributed by atoms with Gasteiger partial charge in [0.2, 0.25) is 0 Å². The first-order chi connectivity index (χ1) is 6.75. The van der Waals surface area contributed by atoms with E-state index in [0.717, 1.165) is 18.1 Å². The van der Waals surface area contributed by atoms with E-state index >= 15 is 0 Å². The van der Waals surface area contributed by atoms with Crippen LogP contribution in [0.1, 0.15) is 30.8 Å². The molecular weight excluding hydrogens is 174 g/mol. The molecule has 0 N–H and O–H groups in total. The van der Waals surface area contributed by atoms with E-state index in [1.165, 1.54) is 24.8 Å². The molecule has 1 aliphatic rings. The maximum absolute atomic E-state index is 5.77. The zero-order valence-electron chi connectivity index (χ0n) is 8.92. The Morgan fingerprint density at radius 1 is 1.36 bits per heavy atom. The molecule has 0 aliphatic heterocycles. The number of furan rings is 1. The monoisotopic (exact) mass is 191 g/mol. The highest BCUT2D eigenvalue weighted by molar-refractivity contribution is 5.63. The second-order valence-electron chi connectivity index (χ2n) is 4.13. The van der Waals surface area contributed by atoms with Gasteiger partial charge in [-0.1, -0.05) is 6.08 Å². The average molecular weight is 191 g/mol. The van der Waals surface area contributed by atoms with Crippen molar-refractivity contribution in [2.75, 3.05) is 14.1 Å². The summed E-state index contributed by atoms with van der Waals surface area (Å²) >= 11 is 0. The highest BCUT2D eigenvalue weighted by atomic mass is 16.3. The van der Waals surface area contributed by atoms with E-state index in [4.69, 9.17) is 4.42 Å². The molecule has 1 aromatic heterocycles. The van der Waals surface area contributed by atoms with Gasteiger partial charge < -0.3 is 9.32 Å². The van der Waals surface area contributed by atoms with Gasteiger partial charge in [0.05, 0.1) is 6.54 Å². The molecule has 0 unspecified atom stereocenters. The molecule has 2 nitrogen and oxygen atoms in total. The summed E-state index contributed by atoms with van der Waals surface area (Å²) in [5.41, 5.74) is 1.38. The van der Waals surface area contributed by atoms with E-state index in [0.29, 0.717) is 0 Å². The smallest absolute Gasteiger partial charge is 0.129 e. The van der Waals surface area contributed by atoms with Crippen LogP contribution in [0.3, 0.4) is 0 Å². The van der Waals surface area contributed by atoms with Gasteiger partial charge in [-0.2, -0.15) is 0 Å². The van der Waals surface area contributed by atoms with Gasteiger partial charge in [0.15, 0.2) is 0 Å². The van der Waals surface area contributed by atoms with Crippen molar-refractivity contribution in [1.29, 1.82) is 0 Å². The molecule has 1 heterocycles. The number of rotatable bonds is 3. The van der Waals surface area contributed by atoms with E-state index in [2.05, 4.69) is 37.2 Å². The van der Waals surface area contributed by atoms with Crippen LogP contribution in [0, 0.1) is 0 Å². The lowest BCUT2D eigenvalue weighted by molar-refractivity contribution is 0.348. The van der Waals surface area contributed by atoms with Gasteiger partial charge in [0.1, 0.15) is 11.5 Å². The van der Waals surface area contributed by atoms with Crippen LogP contribution >= 0.6 is 0 Å². The van der Waals surface area contributed by atoms with E-state index in [1.807, 2.05) is 0 Å². The molecule has 0 saturated heterocycles. The minimum Gasteiger partial charge on any atom is -0.460 e.